The minimum atomic E-state index is -0.393. The van der Waals surface area contributed by atoms with Gasteiger partial charge >= 0.3 is 0 Å². The third kappa shape index (κ3) is 4.22. The summed E-state index contributed by atoms with van der Waals surface area (Å²) in [6, 6.07) is 11.2. The summed E-state index contributed by atoms with van der Waals surface area (Å²) in [5.74, 6) is 0.428. The van der Waals surface area contributed by atoms with Crippen LogP contribution in [0.4, 0.5) is 5.69 Å². The van der Waals surface area contributed by atoms with Gasteiger partial charge < -0.3 is 14.8 Å². The molecule has 0 saturated heterocycles. The summed E-state index contributed by atoms with van der Waals surface area (Å²) < 4.78 is 11.4. The van der Waals surface area contributed by atoms with Crippen molar-refractivity contribution < 1.29 is 14.3 Å². The summed E-state index contributed by atoms with van der Waals surface area (Å²) in [5, 5.41) is 2.87. The van der Waals surface area contributed by atoms with Crippen LogP contribution in [0.15, 0.2) is 36.4 Å². The Hall–Kier alpha value is -3.15. The Morgan fingerprint density at radius 3 is 2.36 bits per heavy atom. The maximum atomic E-state index is 13.0. The van der Waals surface area contributed by atoms with E-state index >= 15 is 0 Å². The van der Waals surface area contributed by atoms with Crippen molar-refractivity contribution >= 4 is 22.6 Å². The van der Waals surface area contributed by atoms with Crippen LogP contribution in [-0.4, -0.2) is 28.6 Å². The number of benzene rings is 2. The fourth-order valence-electron chi connectivity index (χ4n) is 2.78. The molecule has 0 unspecified atom stereocenters. The zero-order chi connectivity index (χ0) is 20.3. The molecule has 2 aromatic carbocycles. The fourth-order valence-corrected chi connectivity index (χ4v) is 2.78. The van der Waals surface area contributed by atoms with Crippen molar-refractivity contribution in [2.75, 3.05) is 11.9 Å². The number of aryl methyl sites for hydroxylation is 2. The topological polar surface area (TPSA) is 73.3 Å². The van der Waals surface area contributed by atoms with Gasteiger partial charge in [-0.05, 0) is 70.0 Å². The molecule has 0 radical (unpaired) electrons. The van der Waals surface area contributed by atoms with Gasteiger partial charge in [-0.25, -0.2) is 9.97 Å². The molecule has 1 aromatic heterocycles. The van der Waals surface area contributed by atoms with Crippen molar-refractivity contribution in [1.82, 2.24) is 9.97 Å². The number of hydrogen-bond acceptors (Lipinski definition) is 5. The second-order valence-electron chi connectivity index (χ2n) is 6.85. The zero-order valence-corrected chi connectivity index (χ0v) is 16.9. The summed E-state index contributed by atoms with van der Waals surface area (Å²) in [6.07, 6.45) is -0.138. The highest BCUT2D eigenvalue weighted by Gasteiger charge is 2.20. The van der Waals surface area contributed by atoms with Gasteiger partial charge in [-0.1, -0.05) is 12.1 Å². The number of hydrogen-bond donors (Lipinski definition) is 1. The number of para-hydroxylation sites is 2. The molecule has 6 heteroatoms. The van der Waals surface area contributed by atoms with Crippen LogP contribution in [0, 0.1) is 13.8 Å². The second kappa shape index (κ2) is 8.25. The van der Waals surface area contributed by atoms with Gasteiger partial charge in [0.15, 0.2) is 5.69 Å². The quantitative estimate of drug-likeness (QED) is 0.673. The van der Waals surface area contributed by atoms with Crippen molar-refractivity contribution in [3.05, 3.63) is 53.2 Å². The average Bonchev–Trinajstić information content (AvgIpc) is 2.64. The van der Waals surface area contributed by atoms with Crippen molar-refractivity contribution in [3.63, 3.8) is 0 Å². The Morgan fingerprint density at radius 2 is 1.71 bits per heavy atom. The summed E-state index contributed by atoms with van der Waals surface area (Å²) in [6.45, 7) is 10.2. The van der Waals surface area contributed by atoms with Crippen LogP contribution in [0.25, 0.3) is 11.0 Å². The zero-order valence-electron chi connectivity index (χ0n) is 16.9. The van der Waals surface area contributed by atoms with Crippen molar-refractivity contribution in [3.8, 4) is 11.6 Å². The number of carbonyl (C=O) groups is 1. The molecular weight excluding hydrogens is 354 g/mol. The van der Waals surface area contributed by atoms with Gasteiger partial charge in [-0.3, -0.25) is 4.79 Å². The number of ether oxygens (including phenoxy) is 2. The van der Waals surface area contributed by atoms with E-state index in [0.29, 0.717) is 29.1 Å². The average molecular weight is 379 g/mol. The Bertz CT molecular complexity index is 1020. The Morgan fingerprint density at radius 1 is 1.07 bits per heavy atom. The van der Waals surface area contributed by atoms with Crippen LogP contribution >= 0.6 is 0 Å². The van der Waals surface area contributed by atoms with Crippen LogP contribution in [0.5, 0.6) is 11.6 Å². The first-order valence-electron chi connectivity index (χ1n) is 9.38. The van der Waals surface area contributed by atoms with Crippen LogP contribution in [0.2, 0.25) is 0 Å². The van der Waals surface area contributed by atoms with E-state index in [1.54, 1.807) is 6.07 Å². The van der Waals surface area contributed by atoms with E-state index in [0.717, 1.165) is 11.1 Å². The summed E-state index contributed by atoms with van der Waals surface area (Å²) in [4.78, 5) is 22.1. The molecule has 6 nitrogen and oxygen atoms in total. The molecule has 0 saturated carbocycles. The van der Waals surface area contributed by atoms with E-state index in [-0.39, 0.29) is 17.7 Å². The normalized spacial score (nSPS) is 10.9. The largest absolute Gasteiger partial charge is 0.492 e. The number of anilines is 1. The molecule has 0 fully saturated rings. The lowest BCUT2D eigenvalue weighted by atomic mass is 10.1. The van der Waals surface area contributed by atoms with E-state index in [9.17, 15) is 4.79 Å². The molecule has 0 aliphatic rings. The molecule has 1 N–H and O–H groups in total. The molecule has 3 aromatic rings. The predicted octanol–water partition coefficient (Wildman–Crippen LogP) is 4.68. The van der Waals surface area contributed by atoms with Crippen molar-refractivity contribution in [2.45, 2.75) is 40.7 Å². The number of aromatic nitrogens is 2. The van der Waals surface area contributed by atoms with Crippen molar-refractivity contribution in [2.24, 2.45) is 0 Å². The smallest absolute Gasteiger partial charge is 0.280 e. The Balaban J connectivity index is 2.04. The van der Waals surface area contributed by atoms with Crippen molar-refractivity contribution in [1.29, 1.82) is 0 Å². The molecule has 3 rings (SSSR count). The first-order chi connectivity index (χ1) is 13.4. The van der Waals surface area contributed by atoms with Gasteiger partial charge in [0.2, 0.25) is 5.88 Å². The summed E-state index contributed by atoms with van der Waals surface area (Å²) in [7, 11) is 0. The number of nitrogens with zero attached hydrogens (tertiary/aromatic N) is 2. The first-order valence-corrected chi connectivity index (χ1v) is 9.38. The van der Waals surface area contributed by atoms with Gasteiger partial charge in [0.25, 0.3) is 5.91 Å². The van der Waals surface area contributed by atoms with Gasteiger partial charge in [0, 0.05) is 0 Å². The molecule has 146 valence electrons. The molecule has 0 aliphatic heterocycles. The van der Waals surface area contributed by atoms with E-state index < -0.39 is 5.91 Å². The standard InChI is InChI=1S/C22H25N3O3/c1-6-27-19-10-8-7-9-16(19)24-21(26)20-22(28-13(2)3)25-18-12-15(5)14(4)11-17(18)23-20/h7-13H,6H2,1-5H3,(H,24,26). The fraction of sp³-hybridized carbons (Fsp3) is 0.318. The lowest BCUT2D eigenvalue weighted by Crippen LogP contribution is -2.19. The maximum absolute atomic E-state index is 13.0. The molecule has 0 atom stereocenters. The number of nitrogens with one attached hydrogen (secondary N) is 1. The van der Waals surface area contributed by atoms with Crippen LogP contribution in [0.3, 0.4) is 0 Å². The van der Waals surface area contributed by atoms with E-state index in [2.05, 4.69) is 15.3 Å². The molecule has 0 spiro atoms. The minimum absolute atomic E-state index is 0.138. The van der Waals surface area contributed by atoms with E-state index in [1.807, 2.05) is 65.0 Å². The predicted molar refractivity (Wildman–Crippen MR) is 110 cm³/mol. The molecule has 0 aliphatic carbocycles. The highest BCUT2D eigenvalue weighted by Crippen LogP contribution is 2.27. The highest BCUT2D eigenvalue weighted by atomic mass is 16.5. The number of amides is 1. The van der Waals surface area contributed by atoms with Crippen LogP contribution in [0.1, 0.15) is 42.4 Å². The summed E-state index contributed by atoms with van der Waals surface area (Å²) >= 11 is 0. The van der Waals surface area contributed by atoms with E-state index in [1.165, 1.54) is 0 Å². The molecule has 0 bridgehead atoms. The third-order valence-electron chi connectivity index (χ3n) is 4.25. The van der Waals surface area contributed by atoms with Crippen LogP contribution in [-0.2, 0) is 0 Å². The molecule has 1 heterocycles. The van der Waals surface area contributed by atoms with Gasteiger partial charge in [-0.2, -0.15) is 0 Å². The van der Waals surface area contributed by atoms with Gasteiger partial charge in [0.1, 0.15) is 5.75 Å². The van der Waals surface area contributed by atoms with Gasteiger partial charge in [0.05, 0.1) is 29.4 Å². The molecular formula is C22H25N3O3. The van der Waals surface area contributed by atoms with Gasteiger partial charge in [-0.15, -0.1) is 0 Å². The summed E-state index contributed by atoms with van der Waals surface area (Å²) in [5.41, 5.74) is 4.28. The van der Waals surface area contributed by atoms with E-state index in [4.69, 9.17) is 9.47 Å². The monoisotopic (exact) mass is 379 g/mol. The number of rotatable bonds is 6. The number of carbonyl (C=O) groups excluding carboxylic acids is 1. The first kappa shape index (κ1) is 19.6. The number of fused-ring (bicyclic) bond motifs is 1. The third-order valence-corrected chi connectivity index (χ3v) is 4.25. The van der Waals surface area contributed by atoms with Crippen LogP contribution < -0.4 is 14.8 Å². The highest BCUT2D eigenvalue weighted by molar-refractivity contribution is 6.06. The molecule has 28 heavy (non-hydrogen) atoms. The SMILES string of the molecule is CCOc1ccccc1NC(=O)c1nc2cc(C)c(C)cc2nc1OC(C)C. The Kier molecular flexibility index (Phi) is 5.78. The minimum Gasteiger partial charge on any atom is -0.492 e. The maximum Gasteiger partial charge on any atom is 0.280 e. The lowest BCUT2D eigenvalue weighted by molar-refractivity contribution is 0.101. The Labute approximate surface area is 164 Å². The lowest BCUT2D eigenvalue weighted by Gasteiger charge is -2.15. The second-order valence-corrected chi connectivity index (χ2v) is 6.85. The molecule has 1 amide bonds.